The minimum absolute atomic E-state index is 0.0551. The maximum absolute atomic E-state index is 14.3. The van der Waals surface area contributed by atoms with Crippen molar-refractivity contribution in [2.24, 2.45) is 5.92 Å². The van der Waals surface area contributed by atoms with Gasteiger partial charge in [0.25, 0.3) is 12.0 Å². The van der Waals surface area contributed by atoms with Crippen molar-refractivity contribution in [1.29, 1.82) is 0 Å². The zero-order valence-corrected chi connectivity index (χ0v) is 18.9. The first-order valence-corrected chi connectivity index (χ1v) is 11.1. The highest BCUT2D eigenvalue weighted by atomic mass is 35.5. The van der Waals surface area contributed by atoms with Gasteiger partial charge in [-0.2, -0.15) is 4.39 Å². The van der Waals surface area contributed by atoms with Crippen LogP contribution in [0.15, 0.2) is 66.1 Å². The van der Waals surface area contributed by atoms with Crippen molar-refractivity contribution in [3.8, 4) is 22.4 Å². The molecule has 35 heavy (non-hydrogen) atoms. The maximum Gasteiger partial charge on any atom is 0.264 e. The number of H-pyrrole nitrogens is 1. The average Bonchev–Trinajstić information content (AvgIpc) is 3.43. The molecule has 6 nitrogen and oxygen atoms in total. The summed E-state index contributed by atoms with van der Waals surface area (Å²) in [4.78, 5) is 24.4. The fraction of sp³-hybridized carbons (Fsp3) is 0.160. The Hall–Kier alpha value is -3.85. The molecule has 0 bridgehead atoms. The van der Waals surface area contributed by atoms with Crippen molar-refractivity contribution in [3.63, 3.8) is 0 Å². The number of pyridine rings is 2. The predicted octanol–water partition coefficient (Wildman–Crippen LogP) is 5.56. The number of halogens is 4. The summed E-state index contributed by atoms with van der Waals surface area (Å²) >= 11 is 6.06. The number of fused-ring (bicyclic) bond motifs is 1. The Balaban J connectivity index is 1.59. The minimum atomic E-state index is -2.73. The first-order valence-electron chi connectivity index (χ1n) is 10.7. The zero-order chi connectivity index (χ0) is 24.9. The molecule has 0 amide bonds. The van der Waals surface area contributed by atoms with E-state index in [9.17, 15) is 18.0 Å². The first kappa shape index (κ1) is 22.9. The lowest BCUT2D eigenvalue weighted by Gasteiger charge is -2.17. The van der Waals surface area contributed by atoms with Crippen LogP contribution < -0.4 is 11.3 Å². The summed E-state index contributed by atoms with van der Waals surface area (Å²) in [5.41, 5.74) is 6.72. The second kappa shape index (κ2) is 8.74. The summed E-state index contributed by atoms with van der Waals surface area (Å²) in [7, 11) is 0. The molecule has 4 aromatic rings. The quantitative estimate of drug-likeness (QED) is 0.279. The molecule has 0 fully saturated rings. The number of nitrogens with zero attached hydrogens (tertiary/aromatic N) is 3. The topological polar surface area (TPSA) is 89.6 Å². The number of nitrogens with two attached hydrogens (primary N) is 1. The molecule has 0 saturated heterocycles. The lowest BCUT2D eigenvalue weighted by molar-refractivity contribution is 0.152. The van der Waals surface area contributed by atoms with Crippen molar-refractivity contribution in [3.05, 3.63) is 99.7 Å². The number of allylic oxidation sites excluding steroid dienone is 1. The van der Waals surface area contributed by atoms with Crippen LogP contribution >= 0.6 is 11.6 Å². The van der Waals surface area contributed by atoms with Crippen LogP contribution in [-0.4, -0.2) is 19.5 Å². The highest BCUT2D eigenvalue weighted by molar-refractivity contribution is 6.30. The molecule has 2 atom stereocenters. The Morgan fingerprint density at radius 3 is 2.71 bits per heavy atom. The van der Waals surface area contributed by atoms with Gasteiger partial charge in [0, 0.05) is 28.3 Å². The number of hydrogen-bond acceptors (Lipinski definition) is 4. The fourth-order valence-corrected chi connectivity index (χ4v) is 4.76. The minimum Gasteiger partial charge on any atom is -0.384 e. The summed E-state index contributed by atoms with van der Waals surface area (Å²) in [5, 5.41) is 0.291. The number of aromatic nitrogens is 4. The molecule has 3 N–H and O–H groups in total. The molecule has 1 aliphatic rings. The number of imidazole rings is 1. The van der Waals surface area contributed by atoms with Crippen molar-refractivity contribution >= 4 is 17.4 Å². The Morgan fingerprint density at radius 1 is 1.20 bits per heavy atom. The van der Waals surface area contributed by atoms with Crippen LogP contribution in [0.1, 0.15) is 29.5 Å². The van der Waals surface area contributed by atoms with Gasteiger partial charge in [0.1, 0.15) is 17.7 Å². The summed E-state index contributed by atoms with van der Waals surface area (Å²) in [6.45, 7) is 3.89. The number of benzene rings is 1. The smallest absolute Gasteiger partial charge is 0.264 e. The summed E-state index contributed by atoms with van der Waals surface area (Å²) in [6, 6.07) is 9.55. The number of rotatable bonds is 5. The van der Waals surface area contributed by atoms with Gasteiger partial charge in [0.05, 0.1) is 17.5 Å². The average molecular weight is 498 g/mol. The third-order valence-corrected chi connectivity index (χ3v) is 6.41. The molecule has 0 spiro atoms. The van der Waals surface area contributed by atoms with Gasteiger partial charge < -0.3 is 15.3 Å². The lowest BCUT2D eigenvalue weighted by atomic mass is 9.97. The van der Waals surface area contributed by atoms with Gasteiger partial charge in [-0.05, 0) is 47.9 Å². The van der Waals surface area contributed by atoms with Crippen LogP contribution in [-0.2, 0) is 6.42 Å². The number of alkyl halides is 2. The molecule has 4 heterocycles. The van der Waals surface area contributed by atoms with Crippen LogP contribution in [0.2, 0.25) is 5.02 Å². The molecule has 0 saturated carbocycles. The van der Waals surface area contributed by atoms with E-state index < -0.39 is 18.4 Å². The van der Waals surface area contributed by atoms with Crippen LogP contribution in [0.3, 0.4) is 0 Å². The third kappa shape index (κ3) is 4.01. The van der Waals surface area contributed by atoms with Gasteiger partial charge in [-0.25, -0.2) is 18.7 Å². The van der Waals surface area contributed by atoms with E-state index in [1.165, 1.54) is 42.6 Å². The van der Waals surface area contributed by atoms with E-state index in [-0.39, 0.29) is 34.0 Å². The largest absolute Gasteiger partial charge is 0.384 e. The highest BCUT2D eigenvalue weighted by Gasteiger charge is 2.35. The number of anilines is 1. The molecule has 1 aromatic carbocycles. The molecule has 0 unspecified atom stereocenters. The first-order chi connectivity index (χ1) is 16.8. The van der Waals surface area contributed by atoms with Crippen LogP contribution in [0.25, 0.3) is 22.4 Å². The number of nitrogen functional groups attached to an aromatic ring is 1. The van der Waals surface area contributed by atoms with Gasteiger partial charge in [0.2, 0.25) is 5.95 Å². The molecule has 178 valence electrons. The molecular weight excluding hydrogens is 479 g/mol. The standard InChI is InChI=1S/C25H19ClF3N5O/c1-2-12-7-15-8-13(18-10-14(26)3-4-16(18)23(27)28)9-21(35)34(15)22(12)25-31-11-19(32-25)17-5-6-20(30)33-24(17)29/h2-6,8-12,22-23H,1,7H2,(H2,30,33)(H,31,32)/t12-,22-/m0/s1. The van der Waals surface area contributed by atoms with Gasteiger partial charge in [-0.1, -0.05) is 23.7 Å². The van der Waals surface area contributed by atoms with E-state index in [4.69, 9.17) is 17.3 Å². The molecule has 1 aliphatic heterocycles. The SMILES string of the molecule is C=C[C@H]1Cc2cc(-c3cc(Cl)ccc3C(F)F)cc(=O)n2[C@@H]1c1ncc(-c2ccc(N)nc2F)[nH]1. The second-order valence-corrected chi connectivity index (χ2v) is 8.72. The van der Waals surface area contributed by atoms with E-state index in [2.05, 4.69) is 21.5 Å². The van der Waals surface area contributed by atoms with Crippen molar-refractivity contribution < 1.29 is 13.2 Å². The molecule has 0 aliphatic carbocycles. The van der Waals surface area contributed by atoms with Crippen LogP contribution in [0.5, 0.6) is 0 Å². The predicted molar refractivity (Wildman–Crippen MR) is 128 cm³/mol. The summed E-state index contributed by atoms with van der Waals surface area (Å²) in [6.07, 6.45) is 0.894. The fourth-order valence-electron chi connectivity index (χ4n) is 4.59. The highest BCUT2D eigenvalue weighted by Crippen LogP contribution is 2.39. The maximum atomic E-state index is 14.3. The summed E-state index contributed by atoms with van der Waals surface area (Å²) < 4.78 is 43.1. The third-order valence-electron chi connectivity index (χ3n) is 6.18. The van der Waals surface area contributed by atoms with Crippen molar-refractivity contribution in [2.75, 3.05) is 5.73 Å². The molecule has 10 heteroatoms. The van der Waals surface area contributed by atoms with E-state index in [0.717, 1.165) is 0 Å². The monoisotopic (exact) mass is 497 g/mol. The normalized spacial score (nSPS) is 17.1. The Morgan fingerprint density at radius 2 is 2.00 bits per heavy atom. The Bertz CT molecular complexity index is 1510. The Kier molecular flexibility index (Phi) is 5.72. The van der Waals surface area contributed by atoms with E-state index >= 15 is 0 Å². The van der Waals surface area contributed by atoms with Crippen LogP contribution in [0, 0.1) is 11.9 Å². The number of nitrogens with one attached hydrogen (secondary N) is 1. The molecule has 0 radical (unpaired) electrons. The molecular formula is C25H19ClF3N5O. The van der Waals surface area contributed by atoms with E-state index in [1.807, 2.05) is 0 Å². The van der Waals surface area contributed by atoms with Gasteiger partial charge in [-0.15, -0.1) is 6.58 Å². The van der Waals surface area contributed by atoms with Gasteiger partial charge in [-0.3, -0.25) is 4.79 Å². The van der Waals surface area contributed by atoms with Crippen molar-refractivity contribution in [2.45, 2.75) is 18.9 Å². The molecule has 5 rings (SSSR count). The number of hydrogen-bond donors (Lipinski definition) is 2. The van der Waals surface area contributed by atoms with Crippen LogP contribution in [0.4, 0.5) is 19.0 Å². The van der Waals surface area contributed by atoms with E-state index in [0.29, 0.717) is 34.2 Å². The van der Waals surface area contributed by atoms with Crippen molar-refractivity contribution in [1.82, 2.24) is 19.5 Å². The molecule has 3 aromatic heterocycles. The second-order valence-electron chi connectivity index (χ2n) is 8.28. The summed E-state index contributed by atoms with van der Waals surface area (Å²) in [5.74, 6) is -0.462. The van der Waals surface area contributed by atoms with E-state index in [1.54, 1.807) is 16.7 Å². The van der Waals surface area contributed by atoms with Gasteiger partial charge in [0.15, 0.2) is 0 Å². The Labute approximate surface area is 202 Å². The number of aromatic amines is 1. The zero-order valence-electron chi connectivity index (χ0n) is 18.2. The lowest BCUT2D eigenvalue weighted by Crippen LogP contribution is -2.26. The van der Waals surface area contributed by atoms with Gasteiger partial charge >= 0.3 is 0 Å².